The van der Waals surface area contributed by atoms with Crippen LogP contribution in [0.2, 0.25) is 5.02 Å². The molecule has 0 saturated carbocycles. The van der Waals surface area contributed by atoms with Crippen LogP contribution >= 0.6 is 11.6 Å². The molecule has 1 N–H and O–H groups in total. The van der Waals surface area contributed by atoms with Gasteiger partial charge in [0.05, 0.1) is 17.7 Å². The highest BCUT2D eigenvalue weighted by Crippen LogP contribution is 2.44. The maximum absolute atomic E-state index is 13.2. The summed E-state index contributed by atoms with van der Waals surface area (Å²) < 4.78 is 5.66. The Bertz CT molecular complexity index is 1230. The van der Waals surface area contributed by atoms with Gasteiger partial charge in [0.1, 0.15) is 11.5 Å². The second kappa shape index (κ2) is 9.12. The molecule has 0 aromatic heterocycles. The smallest absolute Gasteiger partial charge is 0.300 e. The first kappa shape index (κ1) is 22.6. The molecule has 1 amide bonds. The largest absolute Gasteiger partial charge is 0.507 e. The number of anilines is 1. The number of benzene rings is 3. The van der Waals surface area contributed by atoms with Crippen LogP contribution in [0.1, 0.15) is 36.6 Å². The van der Waals surface area contributed by atoms with E-state index in [-0.39, 0.29) is 17.4 Å². The van der Waals surface area contributed by atoms with Gasteiger partial charge in [0.2, 0.25) is 0 Å². The van der Waals surface area contributed by atoms with Crippen LogP contribution in [-0.2, 0) is 9.59 Å². The third-order valence-electron chi connectivity index (χ3n) is 5.56. The van der Waals surface area contributed by atoms with Crippen LogP contribution in [0.25, 0.3) is 5.76 Å². The first-order valence-electron chi connectivity index (χ1n) is 10.7. The molecule has 0 radical (unpaired) electrons. The minimum absolute atomic E-state index is 0.00814. The minimum Gasteiger partial charge on any atom is -0.507 e. The number of aliphatic hydroxyl groups excluding tert-OH is 1. The molecule has 1 atom stereocenters. The monoisotopic (exact) mass is 461 g/mol. The van der Waals surface area contributed by atoms with Gasteiger partial charge < -0.3 is 9.84 Å². The van der Waals surface area contributed by atoms with Gasteiger partial charge >= 0.3 is 0 Å². The summed E-state index contributed by atoms with van der Waals surface area (Å²) in [6, 6.07) is 20.4. The summed E-state index contributed by atoms with van der Waals surface area (Å²) in [6.45, 7) is 5.65. The van der Waals surface area contributed by atoms with Gasteiger partial charge in [0, 0.05) is 16.3 Å². The molecule has 5 nitrogen and oxygen atoms in total. The van der Waals surface area contributed by atoms with Crippen molar-refractivity contribution >= 4 is 34.7 Å². The fourth-order valence-corrected chi connectivity index (χ4v) is 4.18. The van der Waals surface area contributed by atoms with Crippen LogP contribution in [0.5, 0.6) is 5.75 Å². The van der Waals surface area contributed by atoms with Crippen molar-refractivity contribution in [3.63, 3.8) is 0 Å². The number of halogens is 1. The zero-order chi connectivity index (χ0) is 23.7. The Kier molecular flexibility index (Phi) is 6.25. The normalized spacial score (nSPS) is 17.6. The van der Waals surface area contributed by atoms with E-state index < -0.39 is 17.7 Å². The van der Waals surface area contributed by atoms with E-state index in [1.807, 2.05) is 44.2 Å². The Morgan fingerprint density at radius 2 is 1.64 bits per heavy atom. The first-order chi connectivity index (χ1) is 15.8. The van der Waals surface area contributed by atoms with E-state index in [4.69, 9.17) is 16.3 Å². The third kappa shape index (κ3) is 4.24. The predicted molar refractivity (Wildman–Crippen MR) is 130 cm³/mol. The van der Waals surface area contributed by atoms with Crippen LogP contribution < -0.4 is 9.64 Å². The fourth-order valence-electron chi connectivity index (χ4n) is 4.01. The molecule has 6 heteroatoms. The van der Waals surface area contributed by atoms with Crippen molar-refractivity contribution in [3.8, 4) is 5.75 Å². The number of ether oxygens (including phenoxy) is 1. The van der Waals surface area contributed by atoms with Gasteiger partial charge in [-0.25, -0.2) is 0 Å². The molecule has 1 aliphatic rings. The quantitative estimate of drug-likeness (QED) is 0.285. The van der Waals surface area contributed by atoms with Crippen LogP contribution in [0.3, 0.4) is 0 Å². The number of ketones is 1. The molecule has 1 aliphatic heterocycles. The van der Waals surface area contributed by atoms with Gasteiger partial charge in [-0.15, -0.1) is 0 Å². The summed E-state index contributed by atoms with van der Waals surface area (Å²) in [5, 5.41) is 11.7. The highest BCUT2D eigenvalue weighted by atomic mass is 35.5. The van der Waals surface area contributed by atoms with Gasteiger partial charge in [0.15, 0.2) is 0 Å². The van der Waals surface area contributed by atoms with E-state index in [0.717, 1.165) is 0 Å². The summed E-state index contributed by atoms with van der Waals surface area (Å²) in [7, 11) is 0. The van der Waals surface area contributed by atoms with Crippen LogP contribution in [0.4, 0.5) is 5.69 Å². The molecule has 3 aromatic carbocycles. The maximum atomic E-state index is 13.2. The predicted octanol–water partition coefficient (Wildman–Crippen LogP) is 6.06. The first-order valence-corrected chi connectivity index (χ1v) is 11.1. The molecule has 0 aliphatic carbocycles. The van der Waals surface area contributed by atoms with Gasteiger partial charge in [0.25, 0.3) is 11.7 Å². The summed E-state index contributed by atoms with van der Waals surface area (Å²) in [4.78, 5) is 27.9. The van der Waals surface area contributed by atoms with Crippen molar-refractivity contribution < 1.29 is 19.4 Å². The van der Waals surface area contributed by atoms with Crippen molar-refractivity contribution in [2.24, 2.45) is 0 Å². The summed E-state index contributed by atoms with van der Waals surface area (Å²) >= 11 is 6.32. The van der Waals surface area contributed by atoms with Gasteiger partial charge in [-0.1, -0.05) is 48.0 Å². The van der Waals surface area contributed by atoms with E-state index in [0.29, 0.717) is 33.1 Å². The van der Waals surface area contributed by atoms with E-state index in [1.54, 1.807) is 49.4 Å². The van der Waals surface area contributed by atoms with Crippen molar-refractivity contribution in [2.75, 3.05) is 4.90 Å². The molecular weight excluding hydrogens is 438 g/mol. The number of nitrogens with zero attached hydrogens (tertiary/aromatic N) is 1. The van der Waals surface area contributed by atoms with Gasteiger partial charge in [-0.3, -0.25) is 14.5 Å². The average Bonchev–Trinajstić information content (AvgIpc) is 3.06. The summed E-state index contributed by atoms with van der Waals surface area (Å²) in [5.74, 6) is -1.05. The van der Waals surface area contributed by atoms with E-state index >= 15 is 0 Å². The molecular formula is C27H24ClNO4. The lowest BCUT2D eigenvalue weighted by molar-refractivity contribution is -0.132. The molecule has 1 heterocycles. The summed E-state index contributed by atoms with van der Waals surface area (Å²) in [5.41, 5.74) is 2.36. The highest BCUT2D eigenvalue weighted by molar-refractivity contribution is 6.52. The topological polar surface area (TPSA) is 66.8 Å². The Morgan fingerprint density at radius 3 is 2.27 bits per heavy atom. The van der Waals surface area contributed by atoms with Crippen LogP contribution in [0, 0.1) is 6.92 Å². The third-order valence-corrected chi connectivity index (χ3v) is 5.97. The van der Waals surface area contributed by atoms with Crippen molar-refractivity contribution in [1.29, 1.82) is 0 Å². The molecule has 0 bridgehead atoms. The lowest BCUT2D eigenvalue weighted by Crippen LogP contribution is -2.30. The van der Waals surface area contributed by atoms with E-state index in [1.165, 1.54) is 4.90 Å². The number of Topliss-reactive ketones (excluding diaryl/α,β-unsaturated/α-hetero) is 1. The minimum atomic E-state index is -0.796. The van der Waals surface area contributed by atoms with Gasteiger partial charge in [-0.2, -0.15) is 0 Å². The number of amides is 1. The second-order valence-electron chi connectivity index (χ2n) is 8.15. The maximum Gasteiger partial charge on any atom is 0.300 e. The molecule has 1 fully saturated rings. The Balaban J connectivity index is 1.88. The molecule has 3 aromatic rings. The second-order valence-corrected chi connectivity index (χ2v) is 8.56. The molecule has 0 spiro atoms. The molecule has 1 saturated heterocycles. The number of hydrogen-bond donors (Lipinski definition) is 1. The van der Waals surface area contributed by atoms with Crippen molar-refractivity contribution in [3.05, 3.63) is 100 Å². The number of aliphatic hydroxyl groups is 1. The number of rotatable bonds is 5. The number of hydrogen-bond acceptors (Lipinski definition) is 4. The van der Waals surface area contributed by atoms with Crippen molar-refractivity contribution in [2.45, 2.75) is 32.9 Å². The van der Waals surface area contributed by atoms with Crippen molar-refractivity contribution in [1.82, 2.24) is 0 Å². The number of carbonyl (C=O) groups is 2. The summed E-state index contributed by atoms with van der Waals surface area (Å²) in [6.07, 6.45) is 0.00814. The Labute approximate surface area is 197 Å². The van der Waals surface area contributed by atoms with E-state index in [9.17, 15) is 14.7 Å². The lowest BCUT2D eigenvalue weighted by atomic mass is 9.95. The molecule has 33 heavy (non-hydrogen) atoms. The fraction of sp³-hybridized carbons (Fsp3) is 0.185. The Morgan fingerprint density at radius 1 is 0.970 bits per heavy atom. The Hall–Kier alpha value is -3.57. The zero-order valence-electron chi connectivity index (χ0n) is 18.6. The SMILES string of the molecule is Cc1c(Cl)cccc1N1C(=O)C(=O)/C(=C(/O)c2ccc(OC(C)C)cc2)C1c1ccccc1. The zero-order valence-corrected chi connectivity index (χ0v) is 19.3. The molecule has 4 rings (SSSR count). The average molecular weight is 462 g/mol. The van der Waals surface area contributed by atoms with Crippen LogP contribution in [0.15, 0.2) is 78.4 Å². The standard InChI is InChI=1S/C27H24ClNO4/c1-16(2)33-20-14-12-19(13-15-20)25(30)23-24(18-8-5-4-6-9-18)29(27(32)26(23)31)22-11-7-10-21(28)17(22)3/h4-16,24,30H,1-3H3/b25-23+. The lowest BCUT2D eigenvalue weighted by Gasteiger charge is -2.27. The highest BCUT2D eigenvalue weighted by Gasteiger charge is 2.47. The van der Waals surface area contributed by atoms with Crippen LogP contribution in [-0.4, -0.2) is 22.9 Å². The van der Waals surface area contributed by atoms with E-state index in [2.05, 4.69) is 0 Å². The number of carbonyl (C=O) groups excluding carboxylic acids is 2. The molecule has 168 valence electrons. The molecule has 1 unspecified atom stereocenters. The van der Waals surface area contributed by atoms with Gasteiger partial charge in [-0.05, 0) is 68.3 Å².